The SMILES string of the molecule is Cc1ccc(C(C)(C)N2CCC(CCc3ccc(F)s3)([C@H](C)OC(=O)Nc3ccccc3)C2)cn1. The van der Waals surface area contributed by atoms with Gasteiger partial charge in [0.05, 0.1) is 0 Å². The minimum absolute atomic E-state index is 0.165. The number of nitrogens with one attached hydrogen (secondary N) is 1. The Balaban J connectivity index is 1.52. The van der Waals surface area contributed by atoms with Gasteiger partial charge in [0.15, 0.2) is 5.13 Å². The van der Waals surface area contributed by atoms with Gasteiger partial charge < -0.3 is 4.74 Å². The van der Waals surface area contributed by atoms with Crippen molar-refractivity contribution in [2.75, 3.05) is 18.4 Å². The number of rotatable bonds is 8. The molecule has 0 radical (unpaired) electrons. The average Bonchev–Trinajstić information content (AvgIpc) is 3.46. The quantitative estimate of drug-likeness (QED) is 0.374. The third kappa shape index (κ3) is 5.90. The molecule has 1 unspecified atom stereocenters. The van der Waals surface area contributed by atoms with Crippen LogP contribution in [0, 0.1) is 17.5 Å². The maximum absolute atomic E-state index is 13.6. The molecule has 5 nitrogen and oxygen atoms in total. The zero-order chi connectivity index (χ0) is 25.1. The van der Waals surface area contributed by atoms with Crippen LogP contribution in [0.15, 0.2) is 60.8 Å². The number of anilines is 1. The molecule has 4 rings (SSSR count). The topological polar surface area (TPSA) is 54.5 Å². The van der Waals surface area contributed by atoms with Gasteiger partial charge in [-0.05, 0) is 89.4 Å². The Morgan fingerprint density at radius 2 is 2.00 bits per heavy atom. The summed E-state index contributed by atoms with van der Waals surface area (Å²) >= 11 is 1.19. The first-order chi connectivity index (χ1) is 16.7. The van der Waals surface area contributed by atoms with E-state index in [0.29, 0.717) is 5.69 Å². The summed E-state index contributed by atoms with van der Waals surface area (Å²) in [6, 6.07) is 16.9. The van der Waals surface area contributed by atoms with Crippen molar-refractivity contribution in [2.24, 2.45) is 5.41 Å². The van der Waals surface area contributed by atoms with Gasteiger partial charge in [-0.1, -0.05) is 24.3 Å². The number of benzene rings is 1. The molecule has 1 aliphatic heterocycles. The van der Waals surface area contributed by atoms with Crippen molar-refractivity contribution in [3.63, 3.8) is 0 Å². The van der Waals surface area contributed by atoms with E-state index >= 15 is 0 Å². The first kappa shape index (κ1) is 25.3. The number of carbonyl (C=O) groups is 1. The molecule has 2 atom stereocenters. The largest absolute Gasteiger partial charge is 0.446 e. The molecule has 0 aliphatic carbocycles. The molecule has 1 aliphatic rings. The van der Waals surface area contributed by atoms with E-state index in [-0.39, 0.29) is 22.2 Å². The van der Waals surface area contributed by atoms with E-state index < -0.39 is 6.09 Å². The van der Waals surface area contributed by atoms with Crippen molar-refractivity contribution in [3.05, 3.63) is 82.1 Å². The molecule has 1 amide bonds. The predicted octanol–water partition coefficient (Wildman–Crippen LogP) is 6.79. The molecule has 186 valence electrons. The molecular formula is C28H34FN3O2S. The van der Waals surface area contributed by atoms with Crippen molar-refractivity contribution in [3.8, 4) is 0 Å². The monoisotopic (exact) mass is 495 g/mol. The van der Waals surface area contributed by atoms with Crippen molar-refractivity contribution in [1.82, 2.24) is 9.88 Å². The Morgan fingerprint density at radius 3 is 2.66 bits per heavy atom. The van der Waals surface area contributed by atoms with E-state index in [9.17, 15) is 9.18 Å². The van der Waals surface area contributed by atoms with Crippen molar-refractivity contribution >= 4 is 23.1 Å². The van der Waals surface area contributed by atoms with Crippen LogP contribution in [0.4, 0.5) is 14.9 Å². The summed E-state index contributed by atoms with van der Waals surface area (Å²) in [4.78, 5) is 20.7. The zero-order valence-electron chi connectivity index (χ0n) is 20.9. The smallest absolute Gasteiger partial charge is 0.411 e. The fraction of sp³-hybridized carbons (Fsp3) is 0.429. The van der Waals surface area contributed by atoms with Gasteiger partial charge in [-0.15, -0.1) is 11.3 Å². The van der Waals surface area contributed by atoms with Gasteiger partial charge in [-0.25, -0.2) is 4.79 Å². The van der Waals surface area contributed by atoms with Gasteiger partial charge >= 0.3 is 6.09 Å². The van der Waals surface area contributed by atoms with Gasteiger partial charge in [0.1, 0.15) is 6.10 Å². The first-order valence-corrected chi connectivity index (χ1v) is 12.9. The number of amides is 1. The molecule has 1 fully saturated rings. The molecule has 0 bridgehead atoms. The van der Waals surface area contributed by atoms with Crippen LogP contribution >= 0.6 is 11.3 Å². The van der Waals surface area contributed by atoms with Crippen LogP contribution in [0.3, 0.4) is 0 Å². The number of ether oxygens (including phenoxy) is 1. The lowest BCUT2D eigenvalue weighted by Crippen LogP contribution is -2.45. The molecule has 0 saturated carbocycles. The summed E-state index contributed by atoms with van der Waals surface area (Å²) in [7, 11) is 0. The van der Waals surface area contributed by atoms with E-state index in [1.54, 1.807) is 0 Å². The third-order valence-corrected chi connectivity index (χ3v) is 8.39. The number of pyridine rings is 1. The highest BCUT2D eigenvalue weighted by Crippen LogP contribution is 2.45. The Morgan fingerprint density at radius 1 is 1.23 bits per heavy atom. The fourth-order valence-electron chi connectivity index (χ4n) is 4.94. The Labute approximate surface area is 211 Å². The number of halogens is 1. The number of hydrogen-bond donors (Lipinski definition) is 1. The van der Waals surface area contributed by atoms with Crippen LogP contribution in [0.25, 0.3) is 0 Å². The highest BCUT2D eigenvalue weighted by molar-refractivity contribution is 7.10. The molecular weight excluding hydrogens is 461 g/mol. The second-order valence-electron chi connectivity index (χ2n) is 10.0. The number of hydrogen-bond acceptors (Lipinski definition) is 5. The summed E-state index contributed by atoms with van der Waals surface area (Å²) in [6.07, 6.45) is 3.65. The van der Waals surface area contributed by atoms with Crippen LogP contribution in [-0.4, -0.2) is 35.2 Å². The number of carbonyl (C=O) groups excluding carboxylic acids is 1. The Bertz CT molecular complexity index is 1130. The number of aromatic nitrogens is 1. The maximum Gasteiger partial charge on any atom is 0.411 e. The zero-order valence-corrected chi connectivity index (χ0v) is 21.7. The normalized spacial score (nSPS) is 19.5. The molecule has 3 heterocycles. The van der Waals surface area contributed by atoms with Gasteiger partial charge in [0, 0.05) is 40.0 Å². The lowest BCUT2D eigenvalue weighted by molar-refractivity contribution is 0.0134. The molecule has 0 spiro atoms. The number of aryl methyl sites for hydroxylation is 2. The summed E-state index contributed by atoms with van der Waals surface area (Å²) in [5, 5.41) is 2.67. The highest BCUT2D eigenvalue weighted by Gasteiger charge is 2.48. The molecule has 1 N–H and O–H groups in total. The van der Waals surface area contributed by atoms with Crippen molar-refractivity contribution in [2.45, 2.75) is 58.6 Å². The van der Waals surface area contributed by atoms with Crippen LogP contribution in [0.5, 0.6) is 0 Å². The van der Waals surface area contributed by atoms with Crippen molar-refractivity contribution < 1.29 is 13.9 Å². The fourth-order valence-corrected chi connectivity index (χ4v) is 5.66. The second kappa shape index (κ2) is 10.5. The molecule has 1 saturated heterocycles. The van der Waals surface area contributed by atoms with Crippen LogP contribution in [0.2, 0.25) is 0 Å². The Hall–Kier alpha value is -2.77. The third-order valence-electron chi connectivity index (χ3n) is 7.46. The molecule has 3 aromatic rings. The number of thiophene rings is 1. The number of likely N-dealkylation sites (tertiary alicyclic amines) is 1. The Kier molecular flexibility index (Phi) is 7.57. The van der Waals surface area contributed by atoms with Gasteiger partial charge in [-0.2, -0.15) is 4.39 Å². The van der Waals surface area contributed by atoms with Gasteiger partial charge in [-0.3, -0.25) is 15.2 Å². The summed E-state index contributed by atoms with van der Waals surface area (Å²) in [6.45, 7) is 10.1. The molecule has 2 aromatic heterocycles. The average molecular weight is 496 g/mol. The molecule has 35 heavy (non-hydrogen) atoms. The van der Waals surface area contributed by atoms with Gasteiger partial charge in [0.2, 0.25) is 0 Å². The minimum atomic E-state index is -0.453. The molecule has 1 aromatic carbocycles. The molecule has 7 heteroatoms. The lowest BCUT2D eigenvalue weighted by Gasteiger charge is -2.40. The van der Waals surface area contributed by atoms with E-state index in [1.165, 1.54) is 17.4 Å². The number of nitrogens with zero attached hydrogens (tertiary/aromatic N) is 2. The maximum atomic E-state index is 13.6. The summed E-state index contributed by atoms with van der Waals surface area (Å²) in [5.74, 6) is 0. The lowest BCUT2D eigenvalue weighted by atomic mass is 9.77. The van der Waals surface area contributed by atoms with Crippen molar-refractivity contribution in [1.29, 1.82) is 0 Å². The highest BCUT2D eigenvalue weighted by atomic mass is 32.1. The van der Waals surface area contributed by atoms with Crippen LogP contribution < -0.4 is 5.32 Å². The van der Waals surface area contributed by atoms with Gasteiger partial charge in [0.25, 0.3) is 0 Å². The summed E-state index contributed by atoms with van der Waals surface area (Å²) in [5.41, 5.74) is 2.39. The van der Waals surface area contributed by atoms with E-state index in [0.717, 1.165) is 48.5 Å². The van der Waals surface area contributed by atoms with E-state index in [4.69, 9.17) is 4.74 Å². The predicted molar refractivity (Wildman–Crippen MR) is 139 cm³/mol. The number of para-hydroxylation sites is 1. The van der Waals surface area contributed by atoms with E-state index in [2.05, 4.69) is 35.1 Å². The summed E-state index contributed by atoms with van der Waals surface area (Å²) < 4.78 is 19.6. The van der Waals surface area contributed by atoms with Crippen LogP contribution in [0.1, 0.15) is 49.7 Å². The first-order valence-electron chi connectivity index (χ1n) is 12.1. The van der Waals surface area contributed by atoms with E-state index in [1.807, 2.05) is 62.5 Å². The van der Waals surface area contributed by atoms with Crippen LogP contribution in [-0.2, 0) is 16.7 Å². The standard InChI is InChI=1S/C28H34FN3O2S/c1-20-10-11-22(18-30-20)27(3,4)32-17-16-28(19-32,15-14-24-12-13-25(29)35-24)21(2)34-26(33)31-23-8-6-5-7-9-23/h5-13,18,21H,14-17,19H2,1-4H3,(H,31,33)/t21-,28?/m0/s1. The second-order valence-corrected chi connectivity index (χ2v) is 11.1. The minimum Gasteiger partial charge on any atom is -0.446 e.